The van der Waals surface area contributed by atoms with Crippen molar-refractivity contribution in [3.63, 3.8) is 0 Å². The fraction of sp³-hybridized carbons (Fsp3) is 0.500. The van der Waals surface area contributed by atoms with E-state index in [1.54, 1.807) is 0 Å². The van der Waals surface area contributed by atoms with Gasteiger partial charge in [0, 0.05) is 5.92 Å². The van der Waals surface area contributed by atoms with E-state index in [9.17, 15) is 0 Å². The average molecular weight is 177 g/mol. The molecule has 1 aliphatic rings. The van der Waals surface area contributed by atoms with Crippen LogP contribution in [0.1, 0.15) is 24.5 Å². The van der Waals surface area contributed by atoms with Crippen molar-refractivity contribution < 1.29 is 0 Å². The molecule has 2 N–H and O–H groups in total. The van der Waals surface area contributed by atoms with Crippen LogP contribution in [-0.2, 0) is 0 Å². The highest BCUT2D eigenvalue weighted by Crippen LogP contribution is 2.40. The predicted octanol–water partition coefficient (Wildman–Crippen LogP) is 2.02. The van der Waals surface area contributed by atoms with Gasteiger partial charge in [-0.25, -0.2) is 0 Å². The lowest BCUT2D eigenvalue weighted by Crippen LogP contribution is -1.76. The summed E-state index contributed by atoms with van der Waals surface area (Å²) in [5, 5.41) is 0.844. The molecule has 0 aliphatic heterocycles. The van der Waals surface area contributed by atoms with Crippen LogP contribution < -0.4 is 5.73 Å². The van der Waals surface area contributed by atoms with Gasteiger partial charge < -0.3 is 5.73 Å². The van der Waals surface area contributed by atoms with Crippen molar-refractivity contribution in [2.75, 3.05) is 5.73 Å². The Morgan fingerprint density at radius 2 is 2.30 bits per heavy atom. The number of nitrogen functional groups attached to an aromatic ring is 1. The summed E-state index contributed by atoms with van der Waals surface area (Å²) in [5.74, 6) is 0.749. The second-order valence-corrected chi connectivity index (χ2v) is 3.26. The zero-order chi connectivity index (χ0) is 6.27. The lowest BCUT2D eigenvalue weighted by Gasteiger charge is -1.81. The molecule has 2 rings (SSSR count). The summed E-state index contributed by atoms with van der Waals surface area (Å²) >= 11 is 1.40. The maximum Gasteiger partial charge on any atom is 0.107 e. The van der Waals surface area contributed by atoms with E-state index in [1.165, 1.54) is 30.1 Å². The van der Waals surface area contributed by atoms with Crippen LogP contribution in [0, 0.1) is 0 Å². The first-order chi connectivity index (χ1) is 4.36. The average Bonchev–Trinajstić information content (AvgIpc) is 2.58. The van der Waals surface area contributed by atoms with Crippen molar-refractivity contribution in [3.05, 3.63) is 11.8 Å². The summed E-state index contributed by atoms with van der Waals surface area (Å²) in [6.07, 6.45) is 2.62. The molecule has 0 radical (unpaired) electrons. The summed E-state index contributed by atoms with van der Waals surface area (Å²) in [7, 11) is 0. The van der Waals surface area contributed by atoms with Crippen LogP contribution in [0.2, 0.25) is 0 Å². The lowest BCUT2D eigenvalue weighted by molar-refractivity contribution is 1.08. The monoisotopic (exact) mass is 176 g/mol. The van der Waals surface area contributed by atoms with Crippen LogP contribution in [-0.4, -0.2) is 4.37 Å². The van der Waals surface area contributed by atoms with E-state index < -0.39 is 0 Å². The van der Waals surface area contributed by atoms with Crippen molar-refractivity contribution in [2.45, 2.75) is 18.8 Å². The molecule has 0 spiro atoms. The zero-order valence-corrected chi connectivity index (χ0v) is 7.04. The Balaban J connectivity index is 0.000000500. The Morgan fingerprint density at radius 3 is 2.70 bits per heavy atom. The highest BCUT2D eigenvalue weighted by molar-refractivity contribution is 7.10. The number of halogens is 1. The van der Waals surface area contributed by atoms with Crippen molar-refractivity contribution in [2.24, 2.45) is 0 Å². The molecule has 0 saturated heterocycles. The summed E-state index contributed by atoms with van der Waals surface area (Å²) in [4.78, 5) is 0. The zero-order valence-electron chi connectivity index (χ0n) is 5.41. The van der Waals surface area contributed by atoms with Gasteiger partial charge in [-0.3, -0.25) is 0 Å². The number of nitrogens with two attached hydrogens (primary N) is 1. The Labute approximate surface area is 70.0 Å². The quantitative estimate of drug-likeness (QED) is 0.711. The number of rotatable bonds is 1. The Morgan fingerprint density at radius 1 is 1.60 bits per heavy atom. The minimum atomic E-state index is 0. The van der Waals surface area contributed by atoms with Gasteiger partial charge in [-0.2, -0.15) is 4.37 Å². The Kier molecular flexibility index (Phi) is 2.16. The summed E-state index contributed by atoms with van der Waals surface area (Å²) in [6, 6.07) is 1.99. The molecule has 10 heavy (non-hydrogen) atoms. The first kappa shape index (κ1) is 7.82. The standard InChI is InChI=1S/C6H8N2S.ClH/c7-6-3-5(8-9-6)4-1-2-4;/h3-4H,1-2,7H2;1H. The van der Waals surface area contributed by atoms with E-state index in [0.29, 0.717) is 0 Å². The van der Waals surface area contributed by atoms with Crippen LogP contribution in [0.25, 0.3) is 0 Å². The van der Waals surface area contributed by atoms with E-state index in [1.807, 2.05) is 6.07 Å². The minimum absolute atomic E-state index is 0. The predicted molar refractivity (Wildman–Crippen MR) is 45.7 cm³/mol. The van der Waals surface area contributed by atoms with Gasteiger partial charge in [0.25, 0.3) is 0 Å². The number of hydrogen-bond acceptors (Lipinski definition) is 3. The van der Waals surface area contributed by atoms with Crippen molar-refractivity contribution in [1.29, 1.82) is 0 Å². The largest absolute Gasteiger partial charge is 0.389 e. The third kappa shape index (κ3) is 1.41. The Bertz CT molecular complexity index is 219. The number of hydrogen-bond donors (Lipinski definition) is 1. The van der Waals surface area contributed by atoms with E-state index in [0.717, 1.165) is 10.9 Å². The Hall–Kier alpha value is -0.280. The highest BCUT2D eigenvalue weighted by Gasteiger charge is 2.25. The number of anilines is 1. The number of nitrogens with zero attached hydrogens (tertiary/aromatic N) is 1. The van der Waals surface area contributed by atoms with Gasteiger partial charge in [0.1, 0.15) is 5.00 Å². The highest BCUT2D eigenvalue weighted by atomic mass is 35.5. The molecule has 1 aromatic rings. The van der Waals surface area contributed by atoms with Gasteiger partial charge in [-0.1, -0.05) is 0 Å². The second kappa shape index (κ2) is 2.76. The molecular formula is C6H9ClN2S. The summed E-state index contributed by atoms with van der Waals surface area (Å²) in [5.41, 5.74) is 6.71. The maximum absolute atomic E-state index is 5.50. The van der Waals surface area contributed by atoms with Crippen LogP contribution >= 0.6 is 23.9 Å². The molecule has 0 amide bonds. The second-order valence-electron chi connectivity index (χ2n) is 2.43. The molecule has 1 fully saturated rings. The van der Waals surface area contributed by atoms with Crippen LogP contribution in [0.3, 0.4) is 0 Å². The molecule has 0 aromatic carbocycles. The number of aromatic nitrogens is 1. The van der Waals surface area contributed by atoms with Crippen molar-refractivity contribution in [3.8, 4) is 0 Å². The molecular weight excluding hydrogens is 168 g/mol. The van der Waals surface area contributed by atoms with Gasteiger partial charge in [0.2, 0.25) is 0 Å². The van der Waals surface area contributed by atoms with Gasteiger partial charge in [-0.15, -0.1) is 12.4 Å². The first-order valence-corrected chi connectivity index (χ1v) is 3.85. The van der Waals surface area contributed by atoms with E-state index >= 15 is 0 Å². The molecule has 56 valence electrons. The van der Waals surface area contributed by atoms with E-state index in [4.69, 9.17) is 5.73 Å². The molecule has 2 nitrogen and oxygen atoms in total. The molecule has 1 saturated carbocycles. The molecule has 0 unspecified atom stereocenters. The molecule has 0 bridgehead atoms. The molecule has 1 aliphatic carbocycles. The van der Waals surface area contributed by atoms with Crippen molar-refractivity contribution >= 4 is 28.9 Å². The van der Waals surface area contributed by atoms with Crippen LogP contribution in [0.5, 0.6) is 0 Å². The van der Waals surface area contributed by atoms with Gasteiger partial charge in [0.15, 0.2) is 0 Å². The van der Waals surface area contributed by atoms with Crippen molar-refractivity contribution in [1.82, 2.24) is 4.37 Å². The molecule has 0 atom stereocenters. The lowest BCUT2D eigenvalue weighted by atomic mass is 10.3. The van der Waals surface area contributed by atoms with Gasteiger partial charge in [-0.05, 0) is 30.4 Å². The first-order valence-electron chi connectivity index (χ1n) is 3.08. The normalized spacial score (nSPS) is 16.4. The SMILES string of the molecule is Cl.Nc1cc(C2CC2)ns1. The van der Waals surface area contributed by atoms with Gasteiger partial charge >= 0.3 is 0 Å². The molecule has 1 heterocycles. The van der Waals surface area contributed by atoms with E-state index in [2.05, 4.69) is 4.37 Å². The van der Waals surface area contributed by atoms with Crippen LogP contribution in [0.4, 0.5) is 5.00 Å². The summed E-state index contributed by atoms with van der Waals surface area (Å²) < 4.78 is 4.19. The smallest absolute Gasteiger partial charge is 0.107 e. The summed E-state index contributed by atoms with van der Waals surface area (Å²) in [6.45, 7) is 0. The topological polar surface area (TPSA) is 38.9 Å². The van der Waals surface area contributed by atoms with E-state index in [-0.39, 0.29) is 12.4 Å². The fourth-order valence-electron chi connectivity index (χ4n) is 0.875. The molecule has 4 heteroatoms. The third-order valence-corrected chi connectivity index (χ3v) is 2.17. The maximum atomic E-state index is 5.50. The van der Waals surface area contributed by atoms with Crippen LogP contribution in [0.15, 0.2) is 6.07 Å². The molecule has 1 aromatic heterocycles. The third-order valence-electron chi connectivity index (χ3n) is 1.54. The fourth-order valence-corrected chi connectivity index (χ4v) is 1.46. The van der Waals surface area contributed by atoms with Gasteiger partial charge in [0.05, 0.1) is 5.69 Å². The minimum Gasteiger partial charge on any atom is -0.389 e.